The molecule has 154 valence electrons. The quantitative estimate of drug-likeness (QED) is 0.268. The number of aromatic nitrogens is 1. The van der Waals surface area contributed by atoms with Crippen LogP contribution < -0.4 is 5.43 Å². The standard InChI is InChI=1S/C22H17ClFNO5/c1-2-30-22(29)19(27)10-18(26)16-11-25-20-15(21(16)28)8-13(9-17(20)23)7-12-3-5-14(24)6-4-12/h3-6,8-9,11H,2,7,10H2,1H3,(H,25,28). The van der Waals surface area contributed by atoms with Gasteiger partial charge in [0.15, 0.2) is 11.2 Å². The van der Waals surface area contributed by atoms with E-state index < -0.39 is 29.4 Å². The number of Topliss-reactive ketones (excluding diaryl/α,β-unsaturated/α-hetero) is 2. The van der Waals surface area contributed by atoms with Crippen LogP contribution in [0.1, 0.15) is 34.8 Å². The molecule has 3 rings (SSSR count). The summed E-state index contributed by atoms with van der Waals surface area (Å²) < 4.78 is 17.7. The third kappa shape index (κ3) is 4.63. The fraction of sp³-hybridized carbons (Fsp3) is 0.182. The van der Waals surface area contributed by atoms with Crippen molar-refractivity contribution in [3.8, 4) is 0 Å². The van der Waals surface area contributed by atoms with Crippen LogP contribution in [0.3, 0.4) is 0 Å². The number of carbonyl (C=O) groups is 3. The molecule has 0 fully saturated rings. The van der Waals surface area contributed by atoms with Crippen molar-refractivity contribution in [1.29, 1.82) is 0 Å². The van der Waals surface area contributed by atoms with Crippen LogP contribution in [0.15, 0.2) is 47.4 Å². The first-order valence-corrected chi connectivity index (χ1v) is 9.49. The molecule has 1 aromatic heterocycles. The molecule has 0 aliphatic carbocycles. The van der Waals surface area contributed by atoms with Gasteiger partial charge in [-0.15, -0.1) is 0 Å². The molecule has 2 aromatic carbocycles. The van der Waals surface area contributed by atoms with Gasteiger partial charge < -0.3 is 9.72 Å². The van der Waals surface area contributed by atoms with Gasteiger partial charge in [0.2, 0.25) is 5.78 Å². The second-order valence-corrected chi connectivity index (χ2v) is 6.99. The van der Waals surface area contributed by atoms with Crippen LogP contribution in [0.4, 0.5) is 4.39 Å². The van der Waals surface area contributed by atoms with E-state index in [-0.39, 0.29) is 28.4 Å². The Balaban J connectivity index is 1.94. The van der Waals surface area contributed by atoms with E-state index in [1.807, 2.05) is 0 Å². The number of fused-ring (bicyclic) bond motifs is 1. The lowest BCUT2D eigenvalue weighted by Gasteiger charge is -2.08. The largest absolute Gasteiger partial charge is 0.460 e. The van der Waals surface area contributed by atoms with Crippen molar-refractivity contribution in [3.05, 3.63) is 80.3 Å². The molecule has 0 saturated carbocycles. The maximum absolute atomic E-state index is 13.1. The monoisotopic (exact) mass is 429 g/mol. The van der Waals surface area contributed by atoms with E-state index in [0.29, 0.717) is 17.5 Å². The van der Waals surface area contributed by atoms with Gasteiger partial charge in [0, 0.05) is 11.6 Å². The summed E-state index contributed by atoms with van der Waals surface area (Å²) >= 11 is 6.29. The Morgan fingerprint density at radius 1 is 1.10 bits per heavy atom. The summed E-state index contributed by atoms with van der Waals surface area (Å²) in [6.07, 6.45) is 0.808. The lowest BCUT2D eigenvalue weighted by atomic mass is 10.0. The number of benzene rings is 2. The van der Waals surface area contributed by atoms with Crippen LogP contribution in [0.25, 0.3) is 10.9 Å². The third-order valence-corrected chi connectivity index (χ3v) is 4.74. The summed E-state index contributed by atoms with van der Waals surface area (Å²) in [6.45, 7) is 1.54. The first kappa shape index (κ1) is 21.4. The fourth-order valence-corrected chi connectivity index (χ4v) is 3.31. The van der Waals surface area contributed by atoms with Crippen molar-refractivity contribution < 1.29 is 23.5 Å². The van der Waals surface area contributed by atoms with Gasteiger partial charge in [-0.25, -0.2) is 9.18 Å². The first-order valence-electron chi connectivity index (χ1n) is 9.11. The van der Waals surface area contributed by atoms with Gasteiger partial charge >= 0.3 is 5.97 Å². The molecule has 30 heavy (non-hydrogen) atoms. The molecule has 3 aromatic rings. The minimum absolute atomic E-state index is 0.00462. The summed E-state index contributed by atoms with van der Waals surface area (Å²) in [4.78, 5) is 51.3. The van der Waals surface area contributed by atoms with Crippen molar-refractivity contribution in [2.24, 2.45) is 0 Å². The smallest absolute Gasteiger partial charge is 0.375 e. The number of ether oxygens (including phenoxy) is 1. The highest BCUT2D eigenvalue weighted by Crippen LogP contribution is 2.24. The van der Waals surface area contributed by atoms with Crippen molar-refractivity contribution in [1.82, 2.24) is 4.98 Å². The van der Waals surface area contributed by atoms with Crippen molar-refractivity contribution in [3.63, 3.8) is 0 Å². The molecular formula is C22H17ClFNO5. The van der Waals surface area contributed by atoms with Gasteiger partial charge in [-0.2, -0.15) is 0 Å². The maximum Gasteiger partial charge on any atom is 0.375 e. The first-order chi connectivity index (χ1) is 14.3. The topological polar surface area (TPSA) is 93.3 Å². The summed E-state index contributed by atoms with van der Waals surface area (Å²) in [7, 11) is 0. The highest BCUT2D eigenvalue weighted by Gasteiger charge is 2.22. The highest BCUT2D eigenvalue weighted by molar-refractivity contribution is 6.38. The number of nitrogens with one attached hydrogen (secondary N) is 1. The fourth-order valence-electron chi connectivity index (χ4n) is 3.02. The summed E-state index contributed by atoms with van der Waals surface area (Å²) in [5, 5.41) is 0.456. The number of carbonyl (C=O) groups excluding carboxylic acids is 3. The average Bonchev–Trinajstić information content (AvgIpc) is 2.70. The van der Waals surface area contributed by atoms with Crippen molar-refractivity contribution >= 4 is 40.0 Å². The normalized spacial score (nSPS) is 10.8. The van der Waals surface area contributed by atoms with Gasteiger partial charge in [-0.1, -0.05) is 23.7 Å². The zero-order chi connectivity index (χ0) is 21.8. The number of rotatable bonds is 7. The third-order valence-electron chi connectivity index (χ3n) is 4.45. The molecular weight excluding hydrogens is 413 g/mol. The van der Waals surface area contributed by atoms with Gasteiger partial charge in [-0.3, -0.25) is 14.4 Å². The Kier molecular flexibility index (Phi) is 6.42. The molecule has 8 heteroatoms. The zero-order valence-electron chi connectivity index (χ0n) is 16.0. The predicted molar refractivity (Wildman–Crippen MR) is 109 cm³/mol. The molecule has 1 heterocycles. The van der Waals surface area contributed by atoms with Gasteiger partial charge in [0.05, 0.1) is 29.1 Å². The van der Waals surface area contributed by atoms with Crippen LogP contribution in [0, 0.1) is 5.82 Å². The second-order valence-electron chi connectivity index (χ2n) is 6.58. The van der Waals surface area contributed by atoms with Gasteiger partial charge in [-0.05, 0) is 48.7 Å². The molecule has 0 spiro atoms. The van der Waals surface area contributed by atoms with E-state index >= 15 is 0 Å². The van der Waals surface area contributed by atoms with Gasteiger partial charge in [0.25, 0.3) is 0 Å². The number of hydrogen-bond donors (Lipinski definition) is 1. The summed E-state index contributed by atoms with van der Waals surface area (Å²) in [5.41, 5.74) is 0.994. The van der Waals surface area contributed by atoms with E-state index in [2.05, 4.69) is 9.72 Å². The number of esters is 1. The minimum Gasteiger partial charge on any atom is -0.460 e. The molecule has 0 amide bonds. The van der Waals surface area contributed by atoms with E-state index in [1.165, 1.54) is 25.3 Å². The van der Waals surface area contributed by atoms with E-state index in [9.17, 15) is 23.6 Å². The Morgan fingerprint density at radius 3 is 2.47 bits per heavy atom. The van der Waals surface area contributed by atoms with Crippen LogP contribution in [-0.2, 0) is 20.7 Å². The Morgan fingerprint density at radius 2 is 1.80 bits per heavy atom. The number of hydrogen-bond acceptors (Lipinski definition) is 5. The Bertz CT molecular complexity index is 1200. The van der Waals surface area contributed by atoms with Crippen molar-refractivity contribution in [2.75, 3.05) is 6.61 Å². The lowest BCUT2D eigenvalue weighted by Crippen LogP contribution is -2.24. The Labute approximate surface area is 175 Å². The summed E-state index contributed by atoms with van der Waals surface area (Å²) in [5.74, 6) is -3.29. The average molecular weight is 430 g/mol. The maximum atomic E-state index is 13.1. The van der Waals surface area contributed by atoms with Crippen LogP contribution in [-0.4, -0.2) is 29.1 Å². The van der Waals surface area contributed by atoms with Crippen LogP contribution in [0.5, 0.6) is 0 Å². The second kappa shape index (κ2) is 9.00. The number of halogens is 2. The van der Waals surface area contributed by atoms with Gasteiger partial charge in [0.1, 0.15) is 5.82 Å². The molecule has 6 nitrogen and oxygen atoms in total. The number of aromatic amines is 1. The van der Waals surface area contributed by atoms with E-state index in [4.69, 9.17) is 11.6 Å². The molecule has 0 unspecified atom stereocenters. The molecule has 1 N–H and O–H groups in total. The highest BCUT2D eigenvalue weighted by atomic mass is 35.5. The van der Waals surface area contributed by atoms with Crippen molar-refractivity contribution in [2.45, 2.75) is 19.8 Å². The van der Waals surface area contributed by atoms with Crippen LogP contribution >= 0.6 is 11.6 Å². The summed E-state index contributed by atoms with van der Waals surface area (Å²) in [6, 6.07) is 9.18. The lowest BCUT2D eigenvalue weighted by molar-refractivity contribution is -0.153. The Hall–Kier alpha value is -3.32. The van der Waals surface area contributed by atoms with E-state index in [1.54, 1.807) is 24.3 Å². The van der Waals surface area contributed by atoms with E-state index in [0.717, 1.165) is 5.56 Å². The molecule has 0 aliphatic heterocycles. The molecule has 0 bridgehead atoms. The molecule has 0 atom stereocenters. The minimum atomic E-state index is -1.12. The molecule has 0 saturated heterocycles. The SMILES string of the molecule is CCOC(=O)C(=O)CC(=O)c1c[nH]c2c(Cl)cc(Cc3ccc(F)cc3)cc2c1=O. The zero-order valence-corrected chi connectivity index (χ0v) is 16.7. The van der Waals surface area contributed by atoms with Crippen LogP contribution in [0.2, 0.25) is 5.02 Å². The number of H-pyrrole nitrogens is 1. The predicted octanol–water partition coefficient (Wildman–Crippen LogP) is 3.62. The number of ketones is 2. The molecule has 0 aliphatic rings. The number of pyridine rings is 1. The molecule has 0 radical (unpaired) electrons.